The zero-order chi connectivity index (χ0) is 17.7. The lowest BCUT2D eigenvalue weighted by Gasteiger charge is -2.22. The van der Waals surface area contributed by atoms with Crippen LogP contribution in [0.5, 0.6) is 11.5 Å². The highest BCUT2D eigenvalue weighted by Gasteiger charge is 2.27. The molecule has 1 heterocycles. The van der Waals surface area contributed by atoms with E-state index in [4.69, 9.17) is 9.47 Å². The highest BCUT2D eigenvalue weighted by Crippen LogP contribution is 2.32. The number of amides is 3. The summed E-state index contributed by atoms with van der Waals surface area (Å²) >= 11 is 0. The predicted molar refractivity (Wildman–Crippen MR) is 85.8 cm³/mol. The number of hydrogen-bond acceptors (Lipinski definition) is 5. The summed E-state index contributed by atoms with van der Waals surface area (Å²) in [5, 5.41) is 7.69. The molecular formula is C16H21N3O5. The lowest BCUT2D eigenvalue weighted by Crippen LogP contribution is -2.46. The van der Waals surface area contributed by atoms with E-state index in [1.807, 2.05) is 0 Å². The number of carbonyl (C=O) groups is 3. The average molecular weight is 335 g/mol. The number of rotatable bonds is 6. The first-order chi connectivity index (χ1) is 11.3. The maximum Gasteiger partial charge on any atom is 0.251 e. The fourth-order valence-electron chi connectivity index (χ4n) is 2.10. The highest BCUT2D eigenvalue weighted by atomic mass is 16.7. The molecule has 1 aromatic carbocycles. The van der Waals surface area contributed by atoms with Crippen LogP contribution in [0.1, 0.15) is 24.2 Å². The fourth-order valence-corrected chi connectivity index (χ4v) is 2.10. The van der Waals surface area contributed by atoms with Crippen molar-refractivity contribution in [3.63, 3.8) is 0 Å². The van der Waals surface area contributed by atoms with Crippen molar-refractivity contribution in [3.8, 4) is 11.5 Å². The van der Waals surface area contributed by atoms with Gasteiger partial charge in [0.05, 0.1) is 12.0 Å². The van der Waals surface area contributed by atoms with Crippen molar-refractivity contribution in [3.05, 3.63) is 23.8 Å². The van der Waals surface area contributed by atoms with Crippen LogP contribution in [0.3, 0.4) is 0 Å². The summed E-state index contributed by atoms with van der Waals surface area (Å²) in [5.41, 5.74) is -0.358. The second-order valence-corrected chi connectivity index (χ2v) is 5.99. The SMILES string of the molecule is CNC(=O)C(C)(C)CNC(=O)CNC(=O)c1ccc2c(c1)OCO2. The molecule has 0 unspecified atom stereocenters. The van der Waals surface area contributed by atoms with Crippen LogP contribution in [0.4, 0.5) is 0 Å². The molecule has 3 N–H and O–H groups in total. The Kier molecular flexibility index (Phi) is 5.28. The Balaban J connectivity index is 1.81. The van der Waals surface area contributed by atoms with Crippen LogP contribution < -0.4 is 25.4 Å². The summed E-state index contributed by atoms with van der Waals surface area (Å²) in [6, 6.07) is 4.79. The second kappa shape index (κ2) is 7.20. The van der Waals surface area contributed by atoms with Gasteiger partial charge in [-0.15, -0.1) is 0 Å². The number of hydrogen-bond donors (Lipinski definition) is 3. The number of ether oxygens (including phenoxy) is 2. The van der Waals surface area contributed by atoms with Crippen molar-refractivity contribution < 1.29 is 23.9 Å². The van der Waals surface area contributed by atoms with E-state index in [1.54, 1.807) is 32.0 Å². The zero-order valence-corrected chi connectivity index (χ0v) is 13.9. The Bertz CT molecular complexity index is 657. The summed E-state index contributed by atoms with van der Waals surface area (Å²) in [4.78, 5) is 35.5. The Labute approximate surface area is 139 Å². The Morgan fingerprint density at radius 1 is 1.12 bits per heavy atom. The molecule has 1 aliphatic heterocycles. The van der Waals surface area contributed by atoms with E-state index in [1.165, 1.54) is 7.05 Å². The average Bonchev–Trinajstić information content (AvgIpc) is 3.04. The van der Waals surface area contributed by atoms with Gasteiger partial charge in [-0.25, -0.2) is 0 Å². The third-order valence-electron chi connectivity index (χ3n) is 3.61. The molecule has 24 heavy (non-hydrogen) atoms. The zero-order valence-electron chi connectivity index (χ0n) is 13.9. The monoisotopic (exact) mass is 335 g/mol. The van der Waals surface area contributed by atoms with Crippen LogP contribution in [0.25, 0.3) is 0 Å². The van der Waals surface area contributed by atoms with E-state index >= 15 is 0 Å². The topological polar surface area (TPSA) is 106 Å². The van der Waals surface area contributed by atoms with Crippen LogP contribution in [0.15, 0.2) is 18.2 Å². The number of fused-ring (bicyclic) bond motifs is 1. The van der Waals surface area contributed by atoms with Gasteiger partial charge in [0.2, 0.25) is 18.6 Å². The van der Waals surface area contributed by atoms with Gasteiger partial charge in [0.1, 0.15) is 0 Å². The molecule has 1 aromatic rings. The van der Waals surface area contributed by atoms with Crippen molar-refractivity contribution in [2.24, 2.45) is 5.41 Å². The summed E-state index contributed by atoms with van der Waals surface area (Å²) in [7, 11) is 1.54. The normalized spacial score (nSPS) is 12.5. The van der Waals surface area contributed by atoms with Gasteiger partial charge in [-0.3, -0.25) is 14.4 Å². The van der Waals surface area contributed by atoms with Gasteiger partial charge in [0.15, 0.2) is 11.5 Å². The lowest BCUT2D eigenvalue weighted by molar-refractivity contribution is -0.129. The van der Waals surface area contributed by atoms with E-state index in [2.05, 4.69) is 16.0 Å². The molecule has 0 saturated heterocycles. The minimum atomic E-state index is -0.730. The molecule has 1 aliphatic rings. The molecule has 0 bridgehead atoms. The lowest BCUT2D eigenvalue weighted by atomic mass is 9.92. The van der Waals surface area contributed by atoms with Crippen LogP contribution in [-0.2, 0) is 9.59 Å². The van der Waals surface area contributed by atoms with Crippen LogP contribution in [-0.4, -0.2) is 44.7 Å². The summed E-state index contributed by atoms with van der Waals surface area (Å²) in [6.07, 6.45) is 0. The van der Waals surface area contributed by atoms with E-state index in [0.717, 1.165) is 0 Å². The molecule has 0 fully saturated rings. The predicted octanol–water partition coefficient (Wildman–Crippen LogP) is 0.0335. The minimum absolute atomic E-state index is 0.129. The van der Waals surface area contributed by atoms with Crippen molar-refractivity contribution >= 4 is 17.7 Å². The van der Waals surface area contributed by atoms with Crippen molar-refractivity contribution in [1.29, 1.82) is 0 Å². The van der Waals surface area contributed by atoms with Crippen LogP contribution >= 0.6 is 0 Å². The molecule has 8 heteroatoms. The minimum Gasteiger partial charge on any atom is -0.454 e. The van der Waals surface area contributed by atoms with Crippen LogP contribution in [0, 0.1) is 5.41 Å². The third-order valence-corrected chi connectivity index (χ3v) is 3.61. The molecule has 0 radical (unpaired) electrons. The molecular weight excluding hydrogens is 314 g/mol. The van der Waals surface area contributed by atoms with Crippen molar-refractivity contribution in [1.82, 2.24) is 16.0 Å². The second-order valence-electron chi connectivity index (χ2n) is 5.99. The molecule has 0 aliphatic carbocycles. The Hall–Kier alpha value is -2.77. The van der Waals surface area contributed by atoms with Gasteiger partial charge in [-0.2, -0.15) is 0 Å². The van der Waals surface area contributed by atoms with E-state index in [-0.39, 0.29) is 31.7 Å². The molecule has 130 valence electrons. The molecule has 3 amide bonds. The molecule has 0 aromatic heterocycles. The molecule has 2 rings (SSSR count). The van der Waals surface area contributed by atoms with Crippen molar-refractivity contribution in [2.45, 2.75) is 13.8 Å². The van der Waals surface area contributed by atoms with Crippen molar-refractivity contribution in [2.75, 3.05) is 26.9 Å². The van der Waals surface area contributed by atoms with E-state index in [9.17, 15) is 14.4 Å². The van der Waals surface area contributed by atoms with Gasteiger partial charge >= 0.3 is 0 Å². The molecule has 0 spiro atoms. The number of carbonyl (C=O) groups excluding carboxylic acids is 3. The smallest absolute Gasteiger partial charge is 0.251 e. The standard InChI is InChI=1S/C16H21N3O5/c1-16(2,15(22)17-3)8-19-13(20)7-18-14(21)10-4-5-11-12(6-10)24-9-23-11/h4-6H,7-9H2,1-3H3,(H,17,22)(H,18,21)(H,19,20). The molecule has 0 saturated carbocycles. The highest BCUT2D eigenvalue weighted by molar-refractivity contribution is 5.97. The summed E-state index contributed by atoms with van der Waals surface area (Å²) < 4.78 is 10.4. The maximum absolute atomic E-state index is 12.1. The fraction of sp³-hybridized carbons (Fsp3) is 0.438. The summed E-state index contributed by atoms with van der Waals surface area (Å²) in [5.74, 6) is 0.141. The van der Waals surface area contributed by atoms with Gasteiger partial charge in [0.25, 0.3) is 5.91 Å². The Morgan fingerprint density at radius 2 is 1.83 bits per heavy atom. The van der Waals surface area contributed by atoms with Gasteiger partial charge in [-0.05, 0) is 32.0 Å². The number of benzene rings is 1. The number of nitrogens with one attached hydrogen (secondary N) is 3. The molecule has 8 nitrogen and oxygen atoms in total. The first-order valence-electron chi connectivity index (χ1n) is 7.50. The van der Waals surface area contributed by atoms with Crippen LogP contribution in [0.2, 0.25) is 0 Å². The van der Waals surface area contributed by atoms with Gasteiger partial charge in [0, 0.05) is 19.2 Å². The first-order valence-corrected chi connectivity index (χ1v) is 7.50. The van der Waals surface area contributed by atoms with E-state index in [0.29, 0.717) is 17.1 Å². The molecule has 0 atom stereocenters. The van der Waals surface area contributed by atoms with Gasteiger partial charge in [-0.1, -0.05) is 0 Å². The summed E-state index contributed by atoms with van der Waals surface area (Å²) in [6.45, 7) is 3.56. The van der Waals surface area contributed by atoms with Gasteiger partial charge < -0.3 is 25.4 Å². The third kappa shape index (κ3) is 4.15. The Morgan fingerprint density at radius 3 is 2.54 bits per heavy atom. The van der Waals surface area contributed by atoms with E-state index < -0.39 is 11.3 Å². The first kappa shape index (κ1) is 17.6. The quantitative estimate of drug-likeness (QED) is 0.680. The maximum atomic E-state index is 12.1. The largest absolute Gasteiger partial charge is 0.454 e.